The molecule has 122 valence electrons. The standard InChI is InChI=1S/C18H20O4S/c1-13-8-10-16(11-9-13)23(21,22)18(14(2)12-19)17(20)15-6-4-3-5-7-15/h3-11,17-20H,2,12H2,1H3/t17-,18-/m0/s1. The Morgan fingerprint density at radius 1 is 1.09 bits per heavy atom. The number of aryl methyl sites for hydroxylation is 1. The average Bonchev–Trinajstić information content (AvgIpc) is 2.55. The van der Waals surface area contributed by atoms with E-state index < -0.39 is 27.8 Å². The van der Waals surface area contributed by atoms with Gasteiger partial charge in [0.15, 0.2) is 9.84 Å². The van der Waals surface area contributed by atoms with E-state index in [1.54, 1.807) is 42.5 Å². The van der Waals surface area contributed by atoms with Gasteiger partial charge in [-0.25, -0.2) is 8.42 Å². The van der Waals surface area contributed by atoms with Crippen LogP contribution < -0.4 is 0 Å². The third-order valence-electron chi connectivity index (χ3n) is 3.72. The zero-order valence-electron chi connectivity index (χ0n) is 12.9. The molecule has 0 fully saturated rings. The molecule has 4 nitrogen and oxygen atoms in total. The maximum atomic E-state index is 12.9. The summed E-state index contributed by atoms with van der Waals surface area (Å²) in [5.41, 5.74) is 1.45. The second-order valence-electron chi connectivity index (χ2n) is 5.45. The van der Waals surface area contributed by atoms with Crippen LogP contribution in [0.25, 0.3) is 0 Å². The van der Waals surface area contributed by atoms with Crippen LogP contribution in [-0.2, 0) is 9.84 Å². The lowest BCUT2D eigenvalue weighted by atomic mass is 10.0. The summed E-state index contributed by atoms with van der Waals surface area (Å²) < 4.78 is 25.9. The average molecular weight is 332 g/mol. The number of aliphatic hydroxyl groups excluding tert-OH is 2. The van der Waals surface area contributed by atoms with Gasteiger partial charge in [-0.15, -0.1) is 0 Å². The molecule has 0 spiro atoms. The van der Waals surface area contributed by atoms with Crippen molar-refractivity contribution in [2.24, 2.45) is 0 Å². The number of rotatable bonds is 6. The third kappa shape index (κ3) is 3.69. The molecule has 2 atom stereocenters. The van der Waals surface area contributed by atoms with Crippen LogP contribution in [0.4, 0.5) is 0 Å². The molecule has 2 aromatic rings. The van der Waals surface area contributed by atoms with E-state index in [-0.39, 0.29) is 10.5 Å². The van der Waals surface area contributed by atoms with Crippen molar-refractivity contribution in [3.05, 3.63) is 77.9 Å². The summed E-state index contributed by atoms with van der Waals surface area (Å²) in [4.78, 5) is 0.0951. The molecule has 0 bridgehead atoms. The summed E-state index contributed by atoms with van der Waals surface area (Å²) in [7, 11) is -3.89. The molecule has 5 heteroatoms. The van der Waals surface area contributed by atoms with E-state index in [1.807, 2.05) is 6.92 Å². The van der Waals surface area contributed by atoms with E-state index in [1.165, 1.54) is 12.1 Å². The lowest BCUT2D eigenvalue weighted by Gasteiger charge is -2.24. The fraction of sp³-hybridized carbons (Fsp3) is 0.222. The van der Waals surface area contributed by atoms with Crippen molar-refractivity contribution in [2.45, 2.75) is 23.2 Å². The quantitative estimate of drug-likeness (QED) is 0.797. The molecular formula is C18H20O4S. The summed E-state index contributed by atoms with van der Waals surface area (Å²) in [5.74, 6) is 0. The van der Waals surface area contributed by atoms with Crippen LogP contribution >= 0.6 is 0 Å². The van der Waals surface area contributed by atoms with Crippen molar-refractivity contribution in [3.63, 3.8) is 0 Å². The minimum atomic E-state index is -3.89. The van der Waals surface area contributed by atoms with Gasteiger partial charge >= 0.3 is 0 Å². The first-order valence-electron chi connectivity index (χ1n) is 7.20. The highest BCUT2D eigenvalue weighted by Crippen LogP contribution is 2.31. The fourth-order valence-electron chi connectivity index (χ4n) is 2.40. The van der Waals surface area contributed by atoms with Crippen molar-refractivity contribution in [1.29, 1.82) is 0 Å². The Kier molecular flexibility index (Phi) is 5.36. The van der Waals surface area contributed by atoms with Crippen molar-refractivity contribution in [2.75, 3.05) is 6.61 Å². The first kappa shape index (κ1) is 17.4. The van der Waals surface area contributed by atoms with Crippen LogP contribution in [0.2, 0.25) is 0 Å². The first-order chi connectivity index (χ1) is 10.9. The molecule has 0 aromatic heterocycles. The largest absolute Gasteiger partial charge is 0.392 e. The first-order valence-corrected chi connectivity index (χ1v) is 8.74. The van der Waals surface area contributed by atoms with Crippen LogP contribution in [0.1, 0.15) is 17.2 Å². The van der Waals surface area contributed by atoms with Gasteiger partial charge in [-0.1, -0.05) is 54.6 Å². The van der Waals surface area contributed by atoms with E-state index in [9.17, 15) is 18.6 Å². The molecular weight excluding hydrogens is 312 g/mol. The molecule has 2 aromatic carbocycles. The van der Waals surface area contributed by atoms with E-state index in [0.717, 1.165) is 5.56 Å². The van der Waals surface area contributed by atoms with E-state index >= 15 is 0 Å². The highest BCUT2D eigenvalue weighted by Gasteiger charge is 2.36. The van der Waals surface area contributed by atoms with Crippen molar-refractivity contribution in [3.8, 4) is 0 Å². The lowest BCUT2D eigenvalue weighted by molar-refractivity contribution is 0.174. The van der Waals surface area contributed by atoms with Gasteiger partial charge in [-0.05, 0) is 30.2 Å². The van der Waals surface area contributed by atoms with Gasteiger partial charge in [0.05, 0.1) is 17.6 Å². The van der Waals surface area contributed by atoms with Gasteiger partial charge in [-0.2, -0.15) is 0 Å². The predicted octanol–water partition coefficient (Wildman–Crippen LogP) is 2.42. The summed E-state index contributed by atoms with van der Waals surface area (Å²) in [6, 6.07) is 14.9. The monoisotopic (exact) mass is 332 g/mol. The fourth-order valence-corrected chi connectivity index (χ4v) is 4.22. The maximum absolute atomic E-state index is 12.9. The zero-order valence-corrected chi connectivity index (χ0v) is 13.7. The van der Waals surface area contributed by atoms with Crippen LogP contribution in [-0.4, -0.2) is 30.5 Å². The molecule has 2 rings (SSSR count). The number of sulfone groups is 1. The third-order valence-corrected chi connectivity index (χ3v) is 5.91. The molecule has 0 radical (unpaired) electrons. The Hall–Kier alpha value is -1.95. The van der Waals surface area contributed by atoms with Crippen LogP contribution in [0.3, 0.4) is 0 Å². The molecule has 0 heterocycles. The van der Waals surface area contributed by atoms with Crippen molar-refractivity contribution < 1.29 is 18.6 Å². The topological polar surface area (TPSA) is 74.6 Å². The molecule has 23 heavy (non-hydrogen) atoms. The molecule has 2 N–H and O–H groups in total. The Labute approximate surface area is 136 Å². The highest BCUT2D eigenvalue weighted by atomic mass is 32.2. The summed E-state index contributed by atoms with van der Waals surface area (Å²) in [6.45, 7) is 4.99. The van der Waals surface area contributed by atoms with Gasteiger partial charge in [0.2, 0.25) is 0 Å². The zero-order chi connectivity index (χ0) is 17.0. The molecule has 0 unspecified atom stereocenters. The normalized spacial score (nSPS) is 14.2. The second-order valence-corrected chi connectivity index (χ2v) is 7.52. The van der Waals surface area contributed by atoms with Crippen molar-refractivity contribution in [1.82, 2.24) is 0 Å². The minimum absolute atomic E-state index is 0.0573. The maximum Gasteiger partial charge on any atom is 0.188 e. The highest BCUT2D eigenvalue weighted by molar-refractivity contribution is 7.92. The van der Waals surface area contributed by atoms with Crippen molar-refractivity contribution >= 4 is 9.84 Å². The van der Waals surface area contributed by atoms with Crippen LogP contribution in [0.5, 0.6) is 0 Å². The Morgan fingerprint density at radius 2 is 1.65 bits per heavy atom. The molecule has 0 saturated carbocycles. The summed E-state index contributed by atoms with van der Waals surface area (Å²) in [6.07, 6.45) is -1.30. The Bertz CT molecular complexity index is 764. The van der Waals surface area contributed by atoms with E-state index in [0.29, 0.717) is 5.56 Å². The predicted molar refractivity (Wildman–Crippen MR) is 89.8 cm³/mol. The van der Waals surface area contributed by atoms with E-state index in [2.05, 4.69) is 6.58 Å². The Morgan fingerprint density at radius 3 is 2.17 bits per heavy atom. The Balaban J connectivity index is 2.50. The molecule has 0 aliphatic rings. The second kappa shape index (κ2) is 7.08. The van der Waals surface area contributed by atoms with Crippen LogP contribution in [0.15, 0.2) is 71.6 Å². The molecule has 0 aliphatic heterocycles. The number of benzene rings is 2. The SMILES string of the molecule is C=C(CO)[C@@H]([C@@H](O)c1ccccc1)S(=O)(=O)c1ccc(C)cc1. The summed E-state index contributed by atoms with van der Waals surface area (Å²) in [5, 5.41) is 18.7. The number of hydrogen-bond donors (Lipinski definition) is 2. The number of aliphatic hydroxyl groups is 2. The minimum Gasteiger partial charge on any atom is -0.392 e. The van der Waals surface area contributed by atoms with Gasteiger partial charge in [0, 0.05) is 0 Å². The lowest BCUT2D eigenvalue weighted by Crippen LogP contribution is -2.31. The van der Waals surface area contributed by atoms with Gasteiger partial charge in [0.25, 0.3) is 0 Å². The van der Waals surface area contributed by atoms with Gasteiger partial charge in [-0.3, -0.25) is 0 Å². The van der Waals surface area contributed by atoms with Crippen LogP contribution in [0, 0.1) is 6.92 Å². The molecule has 0 aliphatic carbocycles. The van der Waals surface area contributed by atoms with Gasteiger partial charge < -0.3 is 10.2 Å². The van der Waals surface area contributed by atoms with E-state index in [4.69, 9.17) is 0 Å². The molecule has 0 amide bonds. The smallest absolute Gasteiger partial charge is 0.188 e. The number of hydrogen-bond acceptors (Lipinski definition) is 4. The molecule has 0 saturated heterocycles. The summed E-state index contributed by atoms with van der Waals surface area (Å²) >= 11 is 0. The van der Waals surface area contributed by atoms with Gasteiger partial charge in [0.1, 0.15) is 5.25 Å².